The van der Waals surface area contributed by atoms with Gasteiger partial charge in [-0.3, -0.25) is 9.59 Å². The lowest BCUT2D eigenvalue weighted by Crippen LogP contribution is -2.32. The van der Waals surface area contributed by atoms with Crippen LogP contribution in [0.25, 0.3) is 11.1 Å². The number of carbonyl (C=O) groups is 1. The highest BCUT2D eigenvalue weighted by Gasteiger charge is 2.16. The molecule has 0 fully saturated rings. The lowest BCUT2D eigenvalue weighted by molar-refractivity contribution is -0.138. The van der Waals surface area contributed by atoms with Crippen molar-refractivity contribution in [2.75, 3.05) is 52.9 Å². The lowest BCUT2D eigenvalue weighted by Gasteiger charge is -2.13. The number of nitrogens with two attached hydrogens (primary N) is 1. The molecule has 3 N–H and O–H groups in total. The normalized spacial score (nSPS) is 11.8. The fourth-order valence-corrected chi connectivity index (χ4v) is 3.68. The molecule has 0 unspecified atom stereocenters. The summed E-state index contributed by atoms with van der Waals surface area (Å²) in [6, 6.07) is 16.0. The topological polar surface area (TPSA) is 144 Å². The Morgan fingerprint density at radius 3 is 2.02 bits per heavy atom. The summed E-state index contributed by atoms with van der Waals surface area (Å²) >= 11 is 0. The molecule has 0 radical (unpaired) electrons. The number of carboxylic acids is 1. The van der Waals surface area contributed by atoms with Gasteiger partial charge in [0.2, 0.25) is 0 Å². The molecule has 0 spiro atoms. The van der Waals surface area contributed by atoms with E-state index in [-0.39, 0.29) is 18.6 Å². The average Bonchev–Trinajstić information content (AvgIpc) is 2.96. The van der Waals surface area contributed by atoms with Gasteiger partial charge >= 0.3 is 5.97 Å². The number of benzene rings is 2. The SMILES string of the molecule is Cn1ncc(OCCOCCOCCOCCOCc2ccccc2)c(-c2ccc(C[C@H](N)C(=O)O)cc2)c1=O. The third kappa shape index (κ3) is 10.5. The van der Waals surface area contributed by atoms with Gasteiger partial charge in [0.05, 0.1) is 64.6 Å². The molecule has 2 aromatic carbocycles. The van der Waals surface area contributed by atoms with E-state index in [1.807, 2.05) is 30.3 Å². The molecule has 0 saturated carbocycles. The number of aromatic nitrogens is 2. The van der Waals surface area contributed by atoms with Crippen LogP contribution in [0.15, 0.2) is 65.6 Å². The Balaban J connectivity index is 1.30. The third-order valence-electron chi connectivity index (χ3n) is 5.83. The van der Waals surface area contributed by atoms with Gasteiger partial charge in [-0.05, 0) is 23.1 Å². The van der Waals surface area contributed by atoms with Gasteiger partial charge in [-0.2, -0.15) is 5.10 Å². The standard InChI is InChI=1S/C29H37N3O8/c1-32-28(33)27(24-9-7-22(8-10-24)19-25(30)29(34)35)26(20-31-32)40-18-17-38-14-13-36-11-12-37-15-16-39-21-23-5-3-2-4-6-23/h2-10,20,25H,11-19,21,30H2,1H3,(H,34,35)/t25-/m0/s1. The van der Waals surface area contributed by atoms with Crippen molar-refractivity contribution in [2.24, 2.45) is 12.8 Å². The van der Waals surface area contributed by atoms with Crippen molar-refractivity contribution in [2.45, 2.75) is 19.1 Å². The van der Waals surface area contributed by atoms with E-state index in [2.05, 4.69) is 5.10 Å². The van der Waals surface area contributed by atoms with Crippen LogP contribution in [-0.2, 0) is 43.8 Å². The van der Waals surface area contributed by atoms with Gasteiger partial charge < -0.3 is 34.5 Å². The summed E-state index contributed by atoms with van der Waals surface area (Å²) in [6.07, 6.45) is 1.67. The first-order chi connectivity index (χ1) is 19.5. The molecule has 3 aromatic rings. The van der Waals surface area contributed by atoms with Crippen molar-refractivity contribution in [3.05, 3.63) is 82.3 Å². The Bertz CT molecular complexity index is 1220. The summed E-state index contributed by atoms with van der Waals surface area (Å²) in [4.78, 5) is 23.8. The number of rotatable bonds is 19. The van der Waals surface area contributed by atoms with E-state index in [1.165, 1.54) is 10.9 Å². The summed E-state index contributed by atoms with van der Waals surface area (Å²) in [6.45, 7) is 3.88. The Morgan fingerprint density at radius 1 is 0.850 bits per heavy atom. The molecule has 11 heteroatoms. The molecule has 11 nitrogen and oxygen atoms in total. The van der Waals surface area contributed by atoms with Gasteiger partial charge in [-0.15, -0.1) is 0 Å². The minimum atomic E-state index is -1.07. The van der Waals surface area contributed by atoms with E-state index < -0.39 is 12.0 Å². The molecule has 1 heterocycles. The first-order valence-electron chi connectivity index (χ1n) is 13.1. The van der Waals surface area contributed by atoms with Crippen molar-refractivity contribution in [1.82, 2.24) is 9.78 Å². The van der Waals surface area contributed by atoms with Crippen LogP contribution < -0.4 is 16.0 Å². The molecule has 0 aliphatic rings. The zero-order valence-corrected chi connectivity index (χ0v) is 22.7. The van der Waals surface area contributed by atoms with E-state index >= 15 is 0 Å². The number of ether oxygens (including phenoxy) is 5. The Labute approximate surface area is 233 Å². The maximum absolute atomic E-state index is 12.8. The molecule has 0 amide bonds. The molecule has 216 valence electrons. The van der Waals surface area contributed by atoms with Crippen LogP contribution in [0.5, 0.6) is 5.75 Å². The average molecular weight is 556 g/mol. The number of aryl methyl sites for hydroxylation is 1. The summed E-state index contributed by atoms with van der Waals surface area (Å²) in [5.41, 5.74) is 8.17. The summed E-state index contributed by atoms with van der Waals surface area (Å²) in [7, 11) is 1.56. The molecule has 1 atom stereocenters. The highest BCUT2D eigenvalue weighted by molar-refractivity contribution is 5.74. The molecular formula is C29H37N3O8. The number of hydrogen-bond donors (Lipinski definition) is 2. The van der Waals surface area contributed by atoms with Crippen LogP contribution in [0.3, 0.4) is 0 Å². The van der Waals surface area contributed by atoms with Crippen LogP contribution in [0.1, 0.15) is 11.1 Å². The van der Waals surface area contributed by atoms with Crippen molar-refractivity contribution in [1.29, 1.82) is 0 Å². The molecule has 40 heavy (non-hydrogen) atoms. The number of nitrogens with zero attached hydrogens (tertiary/aromatic N) is 2. The van der Waals surface area contributed by atoms with Crippen molar-refractivity contribution >= 4 is 5.97 Å². The van der Waals surface area contributed by atoms with Crippen molar-refractivity contribution in [3.63, 3.8) is 0 Å². The van der Waals surface area contributed by atoms with E-state index in [1.54, 1.807) is 31.3 Å². The highest BCUT2D eigenvalue weighted by atomic mass is 16.6. The first-order valence-corrected chi connectivity index (χ1v) is 13.1. The smallest absolute Gasteiger partial charge is 0.320 e. The van der Waals surface area contributed by atoms with Gasteiger partial charge in [0.15, 0.2) is 5.75 Å². The molecule has 3 rings (SSSR count). The zero-order valence-electron chi connectivity index (χ0n) is 22.7. The van der Waals surface area contributed by atoms with Crippen LogP contribution in [0.2, 0.25) is 0 Å². The minimum Gasteiger partial charge on any atom is -0.489 e. The number of carboxylic acid groups (broad SMARTS) is 1. The van der Waals surface area contributed by atoms with Crippen LogP contribution in [-0.4, -0.2) is 79.8 Å². The van der Waals surface area contributed by atoms with Crippen molar-refractivity contribution < 1.29 is 33.6 Å². The molecule has 1 aromatic heterocycles. The maximum atomic E-state index is 12.8. The molecule has 0 saturated heterocycles. The fraction of sp³-hybridized carbons (Fsp3) is 0.414. The maximum Gasteiger partial charge on any atom is 0.320 e. The monoisotopic (exact) mass is 555 g/mol. The second-order valence-electron chi connectivity index (χ2n) is 8.88. The molecular weight excluding hydrogens is 518 g/mol. The largest absolute Gasteiger partial charge is 0.489 e. The van der Waals surface area contributed by atoms with Crippen molar-refractivity contribution in [3.8, 4) is 16.9 Å². The van der Waals surface area contributed by atoms with Crippen LogP contribution >= 0.6 is 0 Å². The summed E-state index contributed by atoms with van der Waals surface area (Å²) in [5, 5.41) is 13.1. The van der Waals surface area contributed by atoms with Gasteiger partial charge in [-0.25, -0.2) is 4.68 Å². The Hall–Kier alpha value is -3.61. The second-order valence-corrected chi connectivity index (χ2v) is 8.88. The van der Waals surface area contributed by atoms with E-state index in [9.17, 15) is 9.59 Å². The van der Waals surface area contributed by atoms with E-state index in [4.69, 9.17) is 34.5 Å². The number of hydrogen-bond acceptors (Lipinski definition) is 9. The summed E-state index contributed by atoms with van der Waals surface area (Å²) < 4.78 is 29.1. The van der Waals surface area contributed by atoms with E-state index in [0.717, 1.165) is 11.1 Å². The number of aliphatic carboxylic acids is 1. The third-order valence-corrected chi connectivity index (χ3v) is 5.83. The van der Waals surface area contributed by atoms with E-state index in [0.29, 0.717) is 69.7 Å². The van der Waals surface area contributed by atoms with Gasteiger partial charge in [0, 0.05) is 7.05 Å². The fourth-order valence-electron chi connectivity index (χ4n) is 3.68. The predicted octanol–water partition coefficient (Wildman–Crippen LogP) is 2.05. The summed E-state index contributed by atoms with van der Waals surface area (Å²) in [5.74, 6) is -0.732. The minimum absolute atomic E-state index is 0.186. The van der Waals surface area contributed by atoms with Crippen LogP contribution in [0.4, 0.5) is 0 Å². The lowest BCUT2D eigenvalue weighted by atomic mass is 10.0. The first kappa shape index (κ1) is 30.9. The van der Waals surface area contributed by atoms with Gasteiger partial charge in [-0.1, -0.05) is 54.6 Å². The van der Waals surface area contributed by atoms with Gasteiger partial charge in [0.1, 0.15) is 12.6 Å². The highest BCUT2D eigenvalue weighted by Crippen LogP contribution is 2.26. The second kappa shape index (κ2) is 17.2. The molecule has 0 bridgehead atoms. The van der Waals surface area contributed by atoms with Gasteiger partial charge in [0.25, 0.3) is 5.56 Å². The molecule has 0 aliphatic carbocycles. The molecule has 0 aliphatic heterocycles. The zero-order chi connectivity index (χ0) is 28.6. The quantitative estimate of drug-likeness (QED) is 0.211. The Kier molecular flexibility index (Phi) is 13.3. The van der Waals surface area contributed by atoms with Crippen LogP contribution in [0, 0.1) is 0 Å². The predicted molar refractivity (Wildman–Crippen MR) is 148 cm³/mol. The Morgan fingerprint density at radius 2 is 1.43 bits per heavy atom.